The Morgan fingerprint density at radius 1 is 1.20 bits per heavy atom. The highest BCUT2D eigenvalue weighted by atomic mass is 35.5. The first-order chi connectivity index (χ1) is 7.13. The fourth-order valence-electron chi connectivity index (χ4n) is 1.73. The van der Waals surface area contributed by atoms with Gasteiger partial charge in [0.2, 0.25) is 10.0 Å². The van der Waals surface area contributed by atoms with Gasteiger partial charge in [-0.1, -0.05) is 24.3 Å². The van der Waals surface area contributed by atoms with E-state index in [9.17, 15) is 8.42 Å². The predicted octanol–water partition coefficient (Wildman–Crippen LogP) is 1.57. The molecule has 0 spiro atoms. The normalized spacial score (nSPS) is 16.6. The molecule has 0 aromatic heterocycles. The van der Waals surface area contributed by atoms with E-state index in [2.05, 4.69) is 0 Å². The molecule has 0 amide bonds. The fraction of sp³-hybridized carbons (Fsp3) is 0.400. The Morgan fingerprint density at radius 3 is 2.20 bits per heavy atom. The van der Waals surface area contributed by atoms with E-state index in [1.165, 1.54) is 4.31 Å². The Labute approximate surface area is 94.7 Å². The highest BCUT2D eigenvalue weighted by Gasteiger charge is 2.27. The lowest BCUT2D eigenvalue weighted by molar-refractivity contribution is 0.433. The van der Waals surface area contributed by atoms with E-state index in [0.717, 1.165) is 11.1 Å². The average molecular weight is 246 g/mol. The van der Waals surface area contributed by atoms with Gasteiger partial charge in [0, 0.05) is 19.0 Å². The predicted molar refractivity (Wildman–Crippen MR) is 60.2 cm³/mol. The number of fused-ring (bicyclic) bond motifs is 1. The van der Waals surface area contributed by atoms with Crippen LogP contribution in [0.2, 0.25) is 0 Å². The molecule has 0 N–H and O–H groups in total. The molecule has 0 saturated heterocycles. The van der Waals surface area contributed by atoms with Gasteiger partial charge in [-0.25, -0.2) is 8.42 Å². The summed E-state index contributed by atoms with van der Waals surface area (Å²) < 4.78 is 25.0. The molecule has 1 aromatic rings. The standard InChI is InChI=1S/C10H12ClNO2S/c11-5-6-15(13,14)12-7-9-3-1-2-4-10(9)8-12/h1-4H,5-8H2. The second-order valence-corrected chi connectivity index (χ2v) is 6.01. The second-order valence-electron chi connectivity index (χ2n) is 3.54. The zero-order valence-corrected chi connectivity index (χ0v) is 9.76. The summed E-state index contributed by atoms with van der Waals surface area (Å²) in [7, 11) is -3.18. The molecule has 0 fully saturated rings. The topological polar surface area (TPSA) is 37.4 Å². The van der Waals surface area contributed by atoms with Crippen LogP contribution in [0.1, 0.15) is 11.1 Å². The molecule has 15 heavy (non-hydrogen) atoms. The summed E-state index contributed by atoms with van der Waals surface area (Å²) in [6.45, 7) is 0.963. The second kappa shape index (κ2) is 4.12. The summed E-state index contributed by atoms with van der Waals surface area (Å²) in [5, 5.41) is 0. The van der Waals surface area contributed by atoms with Gasteiger partial charge >= 0.3 is 0 Å². The number of nitrogens with zero attached hydrogens (tertiary/aromatic N) is 1. The molecular weight excluding hydrogens is 234 g/mol. The molecule has 3 nitrogen and oxygen atoms in total. The Bertz CT molecular complexity index is 433. The van der Waals surface area contributed by atoms with Gasteiger partial charge in [0.1, 0.15) is 0 Å². The van der Waals surface area contributed by atoms with Crippen LogP contribution in [-0.4, -0.2) is 24.4 Å². The molecule has 0 unspecified atom stereocenters. The van der Waals surface area contributed by atoms with Gasteiger partial charge in [0.05, 0.1) is 5.75 Å². The third-order valence-corrected chi connectivity index (χ3v) is 4.72. The summed E-state index contributed by atoms with van der Waals surface area (Å²) in [5.41, 5.74) is 2.19. The first-order valence-corrected chi connectivity index (χ1v) is 6.88. The molecule has 1 aromatic carbocycles. The lowest BCUT2D eigenvalue weighted by atomic mass is 10.1. The van der Waals surface area contributed by atoms with Crippen LogP contribution in [0.15, 0.2) is 24.3 Å². The van der Waals surface area contributed by atoms with Gasteiger partial charge in [0.15, 0.2) is 0 Å². The van der Waals surface area contributed by atoms with Gasteiger partial charge in [-0.2, -0.15) is 4.31 Å². The van der Waals surface area contributed by atoms with Crippen LogP contribution in [0.5, 0.6) is 0 Å². The summed E-state index contributed by atoms with van der Waals surface area (Å²) in [5.74, 6) is 0.164. The van der Waals surface area contributed by atoms with Crippen LogP contribution in [0.25, 0.3) is 0 Å². The third-order valence-electron chi connectivity index (χ3n) is 2.54. The van der Waals surface area contributed by atoms with Crippen LogP contribution in [0.4, 0.5) is 0 Å². The Balaban J connectivity index is 2.20. The summed E-state index contributed by atoms with van der Waals surface area (Å²) >= 11 is 5.47. The lowest BCUT2D eigenvalue weighted by Gasteiger charge is -2.14. The van der Waals surface area contributed by atoms with Gasteiger partial charge in [-0.15, -0.1) is 11.6 Å². The zero-order valence-electron chi connectivity index (χ0n) is 8.19. The minimum atomic E-state index is -3.18. The maximum absolute atomic E-state index is 11.7. The first kappa shape index (κ1) is 10.9. The van der Waals surface area contributed by atoms with Crippen molar-refractivity contribution in [2.45, 2.75) is 13.1 Å². The van der Waals surface area contributed by atoms with Gasteiger partial charge < -0.3 is 0 Å². The SMILES string of the molecule is O=S(=O)(CCCl)N1Cc2ccccc2C1. The molecule has 82 valence electrons. The minimum Gasteiger partial charge on any atom is -0.212 e. The summed E-state index contributed by atoms with van der Waals surface area (Å²) in [6.07, 6.45) is 0. The quantitative estimate of drug-likeness (QED) is 0.759. The van der Waals surface area contributed by atoms with Crippen LogP contribution in [-0.2, 0) is 23.1 Å². The van der Waals surface area contributed by atoms with Crippen LogP contribution < -0.4 is 0 Å². The zero-order chi connectivity index (χ0) is 10.9. The third kappa shape index (κ3) is 2.17. The van der Waals surface area contributed by atoms with E-state index in [4.69, 9.17) is 11.6 Å². The number of rotatable bonds is 3. The van der Waals surface area contributed by atoms with Crippen molar-refractivity contribution in [2.75, 3.05) is 11.6 Å². The minimum absolute atomic E-state index is 0.0164. The lowest BCUT2D eigenvalue weighted by Crippen LogP contribution is -2.28. The van der Waals surface area contributed by atoms with Crippen LogP contribution in [0, 0.1) is 0 Å². The highest BCUT2D eigenvalue weighted by molar-refractivity contribution is 7.89. The van der Waals surface area contributed by atoms with Crippen molar-refractivity contribution in [2.24, 2.45) is 0 Å². The maximum Gasteiger partial charge on any atom is 0.215 e. The van der Waals surface area contributed by atoms with E-state index in [1.54, 1.807) is 0 Å². The first-order valence-electron chi connectivity index (χ1n) is 4.74. The molecule has 0 radical (unpaired) electrons. The van der Waals surface area contributed by atoms with Gasteiger partial charge in [0.25, 0.3) is 0 Å². The van der Waals surface area contributed by atoms with E-state index in [1.807, 2.05) is 24.3 Å². The van der Waals surface area contributed by atoms with E-state index < -0.39 is 10.0 Å². The summed E-state index contributed by atoms with van der Waals surface area (Å²) in [6, 6.07) is 7.78. The fourth-order valence-corrected chi connectivity index (χ4v) is 3.43. The molecular formula is C10H12ClNO2S. The smallest absolute Gasteiger partial charge is 0.212 e. The number of sulfonamides is 1. The van der Waals surface area contributed by atoms with Gasteiger partial charge in [-0.05, 0) is 11.1 Å². The number of benzene rings is 1. The molecule has 0 bridgehead atoms. The van der Waals surface area contributed by atoms with Crippen molar-refractivity contribution in [1.29, 1.82) is 0 Å². The molecule has 1 aliphatic heterocycles. The highest BCUT2D eigenvalue weighted by Crippen LogP contribution is 2.24. The number of hydrogen-bond donors (Lipinski definition) is 0. The average Bonchev–Trinajstić information content (AvgIpc) is 2.61. The molecule has 0 aliphatic carbocycles. The molecule has 0 saturated carbocycles. The molecule has 1 aliphatic rings. The number of hydrogen-bond acceptors (Lipinski definition) is 2. The Morgan fingerprint density at radius 2 is 1.73 bits per heavy atom. The number of alkyl halides is 1. The largest absolute Gasteiger partial charge is 0.215 e. The van der Waals surface area contributed by atoms with Crippen molar-refractivity contribution in [1.82, 2.24) is 4.31 Å². The van der Waals surface area contributed by atoms with Crippen LogP contribution >= 0.6 is 11.6 Å². The molecule has 0 atom stereocenters. The molecule has 2 rings (SSSR count). The monoisotopic (exact) mass is 245 g/mol. The van der Waals surface area contributed by atoms with Crippen molar-refractivity contribution in [3.05, 3.63) is 35.4 Å². The Hall–Kier alpha value is -0.580. The van der Waals surface area contributed by atoms with Crippen molar-refractivity contribution in [3.63, 3.8) is 0 Å². The van der Waals surface area contributed by atoms with Gasteiger partial charge in [-0.3, -0.25) is 0 Å². The van der Waals surface area contributed by atoms with E-state index in [-0.39, 0.29) is 11.6 Å². The molecule has 1 heterocycles. The van der Waals surface area contributed by atoms with Crippen molar-refractivity contribution < 1.29 is 8.42 Å². The summed E-state index contributed by atoms with van der Waals surface area (Å²) in [4.78, 5) is 0. The van der Waals surface area contributed by atoms with E-state index >= 15 is 0 Å². The van der Waals surface area contributed by atoms with Crippen molar-refractivity contribution in [3.8, 4) is 0 Å². The Kier molecular flexibility index (Phi) is 3.00. The van der Waals surface area contributed by atoms with Crippen LogP contribution in [0.3, 0.4) is 0 Å². The molecule has 5 heteroatoms. The number of halogens is 1. The van der Waals surface area contributed by atoms with E-state index in [0.29, 0.717) is 13.1 Å². The van der Waals surface area contributed by atoms with Crippen molar-refractivity contribution >= 4 is 21.6 Å². The maximum atomic E-state index is 11.7.